The lowest BCUT2D eigenvalue weighted by atomic mass is 9.89. The van der Waals surface area contributed by atoms with E-state index in [1.165, 1.54) is 11.9 Å². The van der Waals surface area contributed by atoms with Gasteiger partial charge in [-0.15, -0.1) is 5.10 Å². The molecule has 1 fully saturated rings. The number of hydrogen-bond donors (Lipinski definition) is 0. The van der Waals surface area contributed by atoms with E-state index in [9.17, 15) is 48.3 Å². The van der Waals surface area contributed by atoms with Crippen LogP contribution in [-0.2, 0) is 38.7 Å². The summed E-state index contributed by atoms with van der Waals surface area (Å²) in [5.74, 6) is -3.69. The fraction of sp³-hybridized carbons (Fsp3) is 0.519. The number of alkyl halides is 11. The van der Waals surface area contributed by atoms with Crippen molar-refractivity contribution in [2.75, 3.05) is 18.0 Å². The predicted molar refractivity (Wildman–Crippen MR) is 135 cm³/mol. The molecule has 2 heterocycles. The Hall–Kier alpha value is -3.50. The second-order valence-electron chi connectivity index (χ2n) is 11.0. The van der Waals surface area contributed by atoms with Gasteiger partial charge in [0.1, 0.15) is 0 Å². The fourth-order valence-corrected chi connectivity index (χ4v) is 5.32. The van der Waals surface area contributed by atoms with Crippen LogP contribution in [0.1, 0.15) is 59.7 Å². The normalized spacial score (nSPS) is 17.0. The number of aryl methyl sites for hydroxylation is 1. The zero-order valence-corrected chi connectivity index (χ0v) is 23.5. The topological polar surface area (TPSA) is 50.1 Å². The van der Waals surface area contributed by atoms with Crippen LogP contribution in [0, 0.1) is 5.92 Å². The van der Waals surface area contributed by atoms with E-state index in [0.717, 1.165) is 27.9 Å². The Labute approximate surface area is 244 Å². The van der Waals surface area contributed by atoms with Crippen molar-refractivity contribution in [3.8, 4) is 0 Å². The Bertz CT molecular complexity index is 1430. The highest BCUT2D eigenvalue weighted by atomic mass is 19.4. The van der Waals surface area contributed by atoms with Crippen LogP contribution < -0.4 is 4.90 Å². The van der Waals surface area contributed by atoms with E-state index in [-0.39, 0.29) is 35.6 Å². The van der Waals surface area contributed by atoms with E-state index in [2.05, 4.69) is 15.4 Å². The van der Waals surface area contributed by atoms with E-state index in [1.54, 1.807) is 13.8 Å². The van der Waals surface area contributed by atoms with Gasteiger partial charge in [-0.2, -0.15) is 44.3 Å². The number of nitrogens with zero attached hydrogens (tertiary/aromatic N) is 6. The van der Waals surface area contributed by atoms with Gasteiger partial charge in [-0.1, -0.05) is 25.0 Å². The van der Waals surface area contributed by atoms with Crippen LogP contribution in [0.25, 0.3) is 0 Å². The summed E-state index contributed by atoms with van der Waals surface area (Å²) in [5.41, 5.74) is -4.54. The third-order valence-corrected chi connectivity index (χ3v) is 7.18. The first kappa shape index (κ1) is 33.4. The van der Waals surface area contributed by atoms with Gasteiger partial charge < -0.3 is 4.90 Å². The van der Waals surface area contributed by atoms with E-state index < -0.39 is 78.8 Å². The van der Waals surface area contributed by atoms with Crippen LogP contribution in [0.15, 0.2) is 36.4 Å². The maximum absolute atomic E-state index is 14.2. The van der Waals surface area contributed by atoms with Gasteiger partial charge in [0.05, 0.1) is 30.3 Å². The zero-order valence-electron chi connectivity index (χ0n) is 23.5. The molecule has 242 valence electrons. The highest BCUT2D eigenvalue weighted by Crippen LogP contribution is 2.41. The van der Waals surface area contributed by atoms with Gasteiger partial charge in [-0.25, -0.2) is 8.78 Å². The van der Waals surface area contributed by atoms with Gasteiger partial charge in [0, 0.05) is 32.1 Å². The van der Waals surface area contributed by atoms with Crippen molar-refractivity contribution in [1.82, 2.24) is 25.1 Å². The molecule has 1 aromatic heterocycles. The average molecular weight is 645 g/mol. The highest BCUT2D eigenvalue weighted by molar-refractivity contribution is 5.42. The SMILES string of the molecule is CC(C)C(c1ccc(C(F)(F)F)cc1CN(Cc1cc(C(F)(F)F)cc(C(F)(F)F)c1)c1nnn(C)n1)N1CCC(F)(F)C1. The quantitative estimate of drug-likeness (QED) is 0.238. The number of tetrazole rings is 1. The highest BCUT2D eigenvalue weighted by Gasteiger charge is 2.43. The molecule has 0 bridgehead atoms. The first-order chi connectivity index (χ1) is 20.1. The van der Waals surface area contributed by atoms with Crippen molar-refractivity contribution in [3.63, 3.8) is 0 Å². The molecule has 17 heteroatoms. The number of hydrogen-bond acceptors (Lipinski definition) is 5. The van der Waals surface area contributed by atoms with Crippen molar-refractivity contribution in [2.24, 2.45) is 13.0 Å². The third-order valence-electron chi connectivity index (χ3n) is 7.18. The molecule has 44 heavy (non-hydrogen) atoms. The number of aromatic nitrogens is 4. The van der Waals surface area contributed by atoms with E-state index in [0.29, 0.717) is 12.1 Å². The Balaban J connectivity index is 1.84. The van der Waals surface area contributed by atoms with Crippen LogP contribution in [0.3, 0.4) is 0 Å². The first-order valence-electron chi connectivity index (χ1n) is 13.2. The van der Waals surface area contributed by atoms with Crippen molar-refractivity contribution in [3.05, 3.63) is 69.8 Å². The molecule has 0 aliphatic carbocycles. The molecular formula is C27H27F11N6. The molecule has 6 nitrogen and oxygen atoms in total. The lowest BCUT2D eigenvalue weighted by Gasteiger charge is -2.34. The smallest absolute Gasteiger partial charge is 0.330 e. The average Bonchev–Trinajstić information content (AvgIpc) is 3.47. The summed E-state index contributed by atoms with van der Waals surface area (Å²) in [6, 6.07) is 2.91. The molecule has 3 aromatic rings. The van der Waals surface area contributed by atoms with Gasteiger partial charge in [0.2, 0.25) is 0 Å². The molecule has 0 radical (unpaired) electrons. The summed E-state index contributed by atoms with van der Waals surface area (Å²) in [6.07, 6.45) is -15.6. The summed E-state index contributed by atoms with van der Waals surface area (Å²) in [7, 11) is 1.33. The van der Waals surface area contributed by atoms with Gasteiger partial charge in [-0.05, 0) is 58.2 Å². The molecule has 0 N–H and O–H groups in total. The number of anilines is 1. The summed E-state index contributed by atoms with van der Waals surface area (Å²) in [4.78, 5) is 3.48. The molecule has 1 atom stereocenters. The standard InChI is InChI=1S/C27H27F11N6/c1-15(2)22(43-7-6-24(28,29)14-43)21-5-4-18(25(30,31)32)10-17(21)13-44(23-39-41-42(3)40-23)12-16-8-19(26(33,34)35)11-20(9-16)27(36,37)38/h4-5,8-11,15,22H,6-7,12-14H2,1-3H3. The Morgan fingerprint density at radius 1 is 0.841 bits per heavy atom. The molecule has 4 rings (SSSR count). The number of benzene rings is 2. The Morgan fingerprint density at radius 3 is 1.89 bits per heavy atom. The monoisotopic (exact) mass is 644 g/mol. The second-order valence-corrected chi connectivity index (χ2v) is 11.0. The minimum absolute atomic E-state index is 0.0433. The minimum Gasteiger partial charge on any atom is -0.330 e. The Morgan fingerprint density at radius 2 is 1.43 bits per heavy atom. The molecular weight excluding hydrogens is 617 g/mol. The fourth-order valence-electron chi connectivity index (χ4n) is 5.32. The maximum atomic E-state index is 14.2. The molecule has 1 unspecified atom stereocenters. The van der Waals surface area contributed by atoms with Crippen molar-refractivity contribution in [1.29, 1.82) is 0 Å². The van der Waals surface area contributed by atoms with Crippen LogP contribution in [-0.4, -0.2) is 44.1 Å². The Kier molecular flexibility index (Phi) is 8.94. The van der Waals surface area contributed by atoms with Gasteiger partial charge in [-0.3, -0.25) is 4.90 Å². The number of likely N-dealkylation sites (tertiary alicyclic amines) is 1. The minimum atomic E-state index is -5.14. The van der Waals surface area contributed by atoms with Crippen LogP contribution in [0.5, 0.6) is 0 Å². The maximum Gasteiger partial charge on any atom is 0.416 e. The van der Waals surface area contributed by atoms with Crippen molar-refractivity contribution >= 4 is 5.95 Å². The predicted octanol–water partition coefficient (Wildman–Crippen LogP) is 7.51. The molecule has 1 aliphatic heterocycles. The third kappa shape index (κ3) is 7.77. The summed E-state index contributed by atoms with van der Waals surface area (Å²) < 4.78 is 151. The summed E-state index contributed by atoms with van der Waals surface area (Å²) >= 11 is 0. The second kappa shape index (κ2) is 11.8. The number of halogens is 11. The van der Waals surface area contributed by atoms with E-state index >= 15 is 0 Å². The molecule has 0 spiro atoms. The van der Waals surface area contributed by atoms with E-state index in [1.807, 2.05) is 0 Å². The zero-order chi connectivity index (χ0) is 32.8. The molecule has 1 aliphatic rings. The van der Waals surface area contributed by atoms with Gasteiger partial charge in [0.15, 0.2) is 0 Å². The van der Waals surface area contributed by atoms with Gasteiger partial charge in [0.25, 0.3) is 11.9 Å². The van der Waals surface area contributed by atoms with Crippen LogP contribution >= 0.6 is 0 Å². The molecule has 2 aromatic carbocycles. The van der Waals surface area contributed by atoms with Crippen LogP contribution in [0.2, 0.25) is 0 Å². The summed E-state index contributed by atoms with van der Waals surface area (Å²) in [6.45, 7) is 1.49. The first-order valence-corrected chi connectivity index (χ1v) is 13.2. The van der Waals surface area contributed by atoms with Crippen molar-refractivity contribution in [2.45, 2.75) is 63.9 Å². The number of rotatable bonds is 8. The molecule has 0 saturated carbocycles. The lowest BCUT2D eigenvalue weighted by molar-refractivity contribution is -0.143. The molecule has 1 saturated heterocycles. The van der Waals surface area contributed by atoms with Crippen molar-refractivity contribution < 1.29 is 48.3 Å². The van der Waals surface area contributed by atoms with E-state index in [4.69, 9.17) is 0 Å². The van der Waals surface area contributed by atoms with Gasteiger partial charge >= 0.3 is 18.5 Å². The lowest BCUT2D eigenvalue weighted by Crippen LogP contribution is -2.34. The molecule has 0 amide bonds. The van der Waals surface area contributed by atoms with Crippen LogP contribution in [0.4, 0.5) is 54.2 Å². The largest absolute Gasteiger partial charge is 0.416 e. The summed E-state index contributed by atoms with van der Waals surface area (Å²) in [5, 5.41) is 11.4.